The molecular weight excluding hydrogens is 1280 g/mol. The highest BCUT2D eigenvalue weighted by molar-refractivity contribution is 5.69. The van der Waals surface area contributed by atoms with Crippen molar-refractivity contribution in [3.63, 3.8) is 0 Å². The van der Waals surface area contributed by atoms with E-state index in [0.717, 1.165) is 51.4 Å². The third kappa shape index (κ3) is 58.3. The Morgan fingerprint density at radius 2 is 0.260 bits per heavy atom. The van der Waals surface area contributed by atoms with Gasteiger partial charge in [0.15, 0.2) is 0 Å². The maximum absolute atomic E-state index is 9.98. The van der Waals surface area contributed by atoms with Crippen molar-refractivity contribution in [1.29, 1.82) is 0 Å². The second kappa shape index (κ2) is 60.4. The van der Waals surface area contributed by atoms with Crippen LogP contribution >= 0.6 is 0 Å². The maximum Gasteiger partial charge on any atom is 0.303 e. The molecule has 536 valence electrons. The lowest BCUT2D eigenvalue weighted by atomic mass is 10.1. The van der Waals surface area contributed by atoms with Gasteiger partial charge in [-0.1, -0.05) is 25.7 Å². The van der Waals surface area contributed by atoms with E-state index in [0.29, 0.717) is 77.0 Å². The number of hydrogen-bond acceptors (Lipinski definition) is 16. The first-order valence-corrected chi connectivity index (χ1v) is 33.2. The highest BCUT2D eigenvalue weighted by Crippen LogP contribution is 2.10. The Morgan fingerprint density at radius 1 is 0.170 bits per heavy atom. The number of carbonyl (C=O) groups is 8. The number of aliphatic carboxylic acids is 8. The lowest BCUT2D eigenvalue weighted by Gasteiger charge is -2.00. The van der Waals surface area contributed by atoms with Crippen LogP contribution in [0.4, 0.5) is 0 Å². The highest BCUT2D eigenvalue weighted by Gasteiger charge is 2.04. The smallest absolute Gasteiger partial charge is 0.303 e. The summed E-state index contributed by atoms with van der Waals surface area (Å²) >= 11 is 0. The first-order chi connectivity index (χ1) is 48.3. The van der Waals surface area contributed by atoms with Crippen molar-refractivity contribution in [3.8, 4) is 0 Å². The zero-order valence-electron chi connectivity index (χ0n) is 56.7. The van der Waals surface area contributed by atoms with Crippen molar-refractivity contribution < 1.29 is 79.2 Å². The zero-order valence-corrected chi connectivity index (χ0v) is 56.7. The molecule has 0 aromatic carbocycles. The van der Waals surface area contributed by atoms with Crippen LogP contribution in [0.15, 0.2) is 196 Å². The van der Waals surface area contributed by atoms with Crippen LogP contribution in [-0.4, -0.2) is 128 Å². The Labute approximate surface area is 584 Å². The van der Waals surface area contributed by atoms with Crippen LogP contribution in [0.5, 0.6) is 0 Å². The Bertz CT molecular complexity index is 2700. The summed E-state index contributed by atoms with van der Waals surface area (Å²) in [4.78, 5) is 112. The monoisotopic (exact) mass is 1380 g/mol. The van der Waals surface area contributed by atoms with Crippen molar-refractivity contribution in [2.45, 2.75) is 180 Å². The molecule has 24 nitrogen and oxygen atoms in total. The first kappa shape index (κ1) is 87.0. The van der Waals surface area contributed by atoms with Gasteiger partial charge in [-0.25, -0.2) is 0 Å². The van der Waals surface area contributed by atoms with Gasteiger partial charge in [-0.15, -0.1) is 0 Å². The number of pyridine rings is 8. The molecule has 0 saturated carbocycles. The summed E-state index contributed by atoms with van der Waals surface area (Å²) in [5.41, 5.74) is 10.6. The number of hydrogen-bond donors (Lipinski definition) is 8. The van der Waals surface area contributed by atoms with Crippen LogP contribution in [0.2, 0.25) is 0 Å². The largest absolute Gasteiger partial charge is 0.481 e. The molecular formula is C76H96N8O16. The molecule has 8 heterocycles. The fourth-order valence-electron chi connectivity index (χ4n) is 8.47. The summed E-state index contributed by atoms with van der Waals surface area (Å²) in [6, 6.07) is 32.9. The van der Waals surface area contributed by atoms with Crippen molar-refractivity contribution in [3.05, 3.63) is 241 Å². The molecule has 0 aliphatic carbocycles. The summed E-state index contributed by atoms with van der Waals surface area (Å²) in [5.74, 6) is -6.55. The van der Waals surface area contributed by atoms with E-state index in [-0.39, 0.29) is 51.4 Å². The zero-order chi connectivity index (χ0) is 73.3. The lowest BCUT2D eigenvalue weighted by molar-refractivity contribution is -0.138. The van der Waals surface area contributed by atoms with E-state index in [1.54, 1.807) is 0 Å². The SMILES string of the molecule is O=C(O)CCCCCC(=O)O.O=C(O)CCCCCC(=O)O.O=C(O)CCCCCC(=O)O.O=C(O)CCCCCC(=O)O.c1cc(CCc2ccncc2)ccn1.c1cc(CCc2ccncc2)ccn1.c1cc(CCc2ccncc2)ccn1.c1cc(CCc2ccncc2)ccn1. The summed E-state index contributed by atoms with van der Waals surface area (Å²) in [6.07, 6.45) is 46.3. The Balaban J connectivity index is 0.000000574. The van der Waals surface area contributed by atoms with E-state index >= 15 is 0 Å². The number of rotatable bonds is 36. The Morgan fingerprint density at radius 3 is 0.340 bits per heavy atom. The number of aryl methyl sites for hydroxylation is 8. The van der Waals surface area contributed by atoms with Gasteiger partial charge in [0.1, 0.15) is 0 Å². The third-order valence-electron chi connectivity index (χ3n) is 13.9. The Hall–Kier alpha value is -11.0. The van der Waals surface area contributed by atoms with Crippen molar-refractivity contribution in [2.24, 2.45) is 0 Å². The number of nitrogens with zero attached hydrogens (tertiary/aromatic N) is 8. The maximum atomic E-state index is 9.98. The van der Waals surface area contributed by atoms with Crippen LogP contribution in [0.25, 0.3) is 0 Å². The molecule has 0 spiro atoms. The van der Waals surface area contributed by atoms with Gasteiger partial charge in [0.05, 0.1) is 0 Å². The Kier molecular flexibility index (Phi) is 52.5. The lowest BCUT2D eigenvalue weighted by Crippen LogP contribution is -1.96. The third-order valence-corrected chi connectivity index (χ3v) is 13.9. The first-order valence-electron chi connectivity index (χ1n) is 33.2. The number of aromatic nitrogens is 8. The molecule has 0 atom stereocenters. The van der Waals surface area contributed by atoms with Crippen LogP contribution < -0.4 is 0 Å². The molecule has 100 heavy (non-hydrogen) atoms. The molecule has 0 amide bonds. The molecule has 0 aliphatic rings. The van der Waals surface area contributed by atoms with Gasteiger partial charge in [-0.3, -0.25) is 78.2 Å². The number of carboxylic acid groups (broad SMARTS) is 8. The average Bonchev–Trinajstić information content (AvgIpc) is 1.43. The molecule has 24 heteroatoms. The van der Waals surface area contributed by atoms with E-state index in [4.69, 9.17) is 40.9 Å². The molecule has 8 N–H and O–H groups in total. The van der Waals surface area contributed by atoms with Crippen LogP contribution in [0, 0.1) is 0 Å². The van der Waals surface area contributed by atoms with Gasteiger partial charge in [-0.2, -0.15) is 0 Å². The van der Waals surface area contributed by atoms with Crippen molar-refractivity contribution >= 4 is 47.8 Å². The van der Waals surface area contributed by atoms with Gasteiger partial charge in [0.25, 0.3) is 0 Å². The molecule has 0 aliphatic heterocycles. The van der Waals surface area contributed by atoms with Crippen LogP contribution in [0.1, 0.15) is 173 Å². The predicted molar refractivity (Wildman–Crippen MR) is 377 cm³/mol. The quantitative estimate of drug-likeness (QED) is 0.0169. The molecule has 0 saturated heterocycles. The molecule has 0 radical (unpaired) electrons. The fraction of sp³-hybridized carbons (Fsp3) is 0.368. The molecule has 8 aromatic heterocycles. The number of unbranched alkanes of at least 4 members (excludes halogenated alkanes) is 8. The van der Waals surface area contributed by atoms with Gasteiger partial charge in [0, 0.05) is 151 Å². The van der Waals surface area contributed by atoms with Gasteiger partial charge in [-0.05, 0) is 244 Å². The molecule has 8 rings (SSSR count). The number of carboxylic acids is 8. The van der Waals surface area contributed by atoms with E-state index in [9.17, 15) is 38.4 Å². The predicted octanol–water partition coefficient (Wildman–Crippen LogP) is 13.5. The normalized spacial score (nSPS) is 9.76. The van der Waals surface area contributed by atoms with E-state index in [1.165, 1.54) is 44.5 Å². The van der Waals surface area contributed by atoms with Gasteiger partial charge < -0.3 is 40.9 Å². The van der Waals surface area contributed by atoms with Crippen molar-refractivity contribution in [2.75, 3.05) is 0 Å². The minimum Gasteiger partial charge on any atom is -0.481 e. The van der Waals surface area contributed by atoms with Crippen molar-refractivity contribution in [1.82, 2.24) is 39.9 Å². The topological polar surface area (TPSA) is 402 Å². The second-order valence-corrected chi connectivity index (χ2v) is 22.2. The molecule has 0 bridgehead atoms. The van der Waals surface area contributed by atoms with Crippen LogP contribution in [0.3, 0.4) is 0 Å². The van der Waals surface area contributed by atoms with E-state index in [2.05, 4.69) is 137 Å². The van der Waals surface area contributed by atoms with Gasteiger partial charge in [0.2, 0.25) is 0 Å². The van der Waals surface area contributed by atoms with Gasteiger partial charge >= 0.3 is 47.8 Å². The minimum absolute atomic E-state index is 0.139. The molecule has 0 unspecified atom stereocenters. The average molecular weight is 1380 g/mol. The standard InChI is InChI=1S/4C12H12N2.4C7H12O4/c4*1(11-3-7-13-8-4-11)2-12-5-9-14-10-6-12;4*8-6(9)4-2-1-3-5-7(10)11/h4*3-10H,1-2H2;4*1-5H2,(H,8,9)(H,10,11). The highest BCUT2D eigenvalue weighted by atomic mass is 16.4. The summed E-state index contributed by atoms with van der Waals surface area (Å²) in [7, 11) is 0. The molecule has 0 fully saturated rings. The van der Waals surface area contributed by atoms with E-state index < -0.39 is 47.8 Å². The second-order valence-electron chi connectivity index (χ2n) is 22.2. The van der Waals surface area contributed by atoms with E-state index in [1.807, 2.05) is 99.1 Å². The fourth-order valence-corrected chi connectivity index (χ4v) is 8.47. The molecule has 8 aromatic rings. The van der Waals surface area contributed by atoms with Crippen LogP contribution in [-0.2, 0) is 89.7 Å². The summed E-state index contributed by atoms with van der Waals surface area (Å²) in [6.45, 7) is 0. The summed E-state index contributed by atoms with van der Waals surface area (Å²) in [5, 5.41) is 65.6. The summed E-state index contributed by atoms with van der Waals surface area (Å²) < 4.78 is 0. The minimum atomic E-state index is -0.819.